The largest absolute Gasteiger partial charge is 0.356 e. The highest BCUT2D eigenvalue weighted by molar-refractivity contribution is 9.10. The van der Waals surface area contributed by atoms with E-state index in [4.69, 9.17) is 12.2 Å². The normalized spacial score (nSPS) is 12.5. The fraction of sp³-hybridized carbons (Fsp3) is 0.235. The van der Waals surface area contributed by atoms with Gasteiger partial charge < -0.3 is 10.6 Å². The Kier molecular flexibility index (Phi) is 6.37. The summed E-state index contributed by atoms with van der Waals surface area (Å²) in [5.41, 5.74) is 1.89. The van der Waals surface area contributed by atoms with E-state index in [0.29, 0.717) is 10.0 Å². The second kappa shape index (κ2) is 8.09. The van der Waals surface area contributed by atoms with Crippen molar-refractivity contribution in [1.29, 1.82) is 0 Å². The molecular formula is C17H19BrN2O2S2. The van der Waals surface area contributed by atoms with Gasteiger partial charge in [0.2, 0.25) is 0 Å². The van der Waals surface area contributed by atoms with Crippen molar-refractivity contribution in [3.63, 3.8) is 0 Å². The van der Waals surface area contributed by atoms with Gasteiger partial charge in [-0.1, -0.05) is 35.0 Å². The minimum absolute atomic E-state index is 0.00839. The van der Waals surface area contributed by atoms with E-state index in [1.165, 1.54) is 6.26 Å². The number of rotatable bonds is 5. The summed E-state index contributed by atoms with van der Waals surface area (Å²) in [5, 5.41) is 6.93. The monoisotopic (exact) mass is 426 g/mol. The van der Waals surface area contributed by atoms with Crippen molar-refractivity contribution in [2.24, 2.45) is 0 Å². The van der Waals surface area contributed by atoms with Gasteiger partial charge in [0, 0.05) is 16.4 Å². The fourth-order valence-corrected chi connectivity index (χ4v) is 3.38. The van der Waals surface area contributed by atoms with Gasteiger partial charge in [0.25, 0.3) is 0 Å². The number of halogens is 1. The Morgan fingerprint density at radius 1 is 1.12 bits per heavy atom. The molecule has 2 N–H and O–H groups in total. The molecular weight excluding hydrogens is 408 g/mol. The van der Waals surface area contributed by atoms with Crippen LogP contribution in [0.15, 0.2) is 57.9 Å². The highest BCUT2D eigenvalue weighted by atomic mass is 79.9. The molecule has 24 heavy (non-hydrogen) atoms. The number of hydrogen-bond acceptors (Lipinski definition) is 3. The fourth-order valence-electron chi connectivity index (χ4n) is 2.23. The smallest absolute Gasteiger partial charge is 0.175 e. The maximum atomic E-state index is 11.5. The summed E-state index contributed by atoms with van der Waals surface area (Å²) >= 11 is 8.76. The van der Waals surface area contributed by atoms with Crippen LogP contribution >= 0.6 is 28.1 Å². The molecule has 7 heteroatoms. The summed E-state index contributed by atoms with van der Waals surface area (Å²) in [5.74, 6) is 0. The summed E-state index contributed by atoms with van der Waals surface area (Å²) in [6.07, 6.45) is 2.02. The molecule has 0 saturated carbocycles. The topological polar surface area (TPSA) is 58.2 Å². The van der Waals surface area contributed by atoms with E-state index in [2.05, 4.69) is 26.6 Å². The van der Waals surface area contributed by atoms with Crippen molar-refractivity contribution >= 4 is 48.8 Å². The third kappa shape index (κ3) is 5.29. The number of nitrogens with one attached hydrogen (secondary N) is 2. The minimum atomic E-state index is -3.18. The standard InChI is InChI=1S/C17H19BrN2O2S2/c1-3-16(12-4-10-15(11-5-12)24(2,21)22)20-17(23)19-14-8-6-13(18)7-9-14/h4-11,16H,3H2,1-2H3,(H2,19,20,23). The third-order valence-corrected chi connectivity index (χ3v) is 5.40. The van der Waals surface area contributed by atoms with Crippen molar-refractivity contribution in [2.45, 2.75) is 24.3 Å². The molecule has 0 aliphatic rings. The zero-order valence-corrected chi connectivity index (χ0v) is 16.6. The number of benzene rings is 2. The van der Waals surface area contributed by atoms with Gasteiger partial charge in [0.1, 0.15) is 0 Å². The molecule has 2 aromatic carbocycles. The lowest BCUT2D eigenvalue weighted by atomic mass is 10.1. The first-order valence-electron chi connectivity index (χ1n) is 7.42. The summed E-state index contributed by atoms with van der Waals surface area (Å²) in [4.78, 5) is 0.316. The average molecular weight is 427 g/mol. The molecule has 0 bridgehead atoms. The molecule has 4 nitrogen and oxygen atoms in total. The van der Waals surface area contributed by atoms with Crippen LogP contribution in [0.1, 0.15) is 24.9 Å². The van der Waals surface area contributed by atoms with Gasteiger partial charge in [-0.2, -0.15) is 0 Å². The lowest BCUT2D eigenvalue weighted by molar-refractivity contribution is 0.601. The van der Waals surface area contributed by atoms with Gasteiger partial charge in [-0.05, 0) is 60.6 Å². The Bertz CT molecular complexity index is 803. The van der Waals surface area contributed by atoms with Crippen molar-refractivity contribution in [2.75, 3.05) is 11.6 Å². The lowest BCUT2D eigenvalue weighted by Crippen LogP contribution is -2.32. The van der Waals surface area contributed by atoms with Gasteiger partial charge in [0.15, 0.2) is 14.9 Å². The highest BCUT2D eigenvalue weighted by Crippen LogP contribution is 2.20. The molecule has 0 aliphatic carbocycles. The molecule has 0 amide bonds. The Balaban J connectivity index is 2.05. The van der Waals surface area contributed by atoms with E-state index in [0.717, 1.165) is 22.1 Å². The van der Waals surface area contributed by atoms with Crippen LogP contribution in [-0.2, 0) is 9.84 Å². The second-order valence-electron chi connectivity index (χ2n) is 5.41. The van der Waals surface area contributed by atoms with Crippen LogP contribution < -0.4 is 10.6 Å². The molecule has 1 atom stereocenters. The van der Waals surface area contributed by atoms with Gasteiger partial charge >= 0.3 is 0 Å². The van der Waals surface area contributed by atoms with Crippen molar-refractivity contribution < 1.29 is 8.42 Å². The van der Waals surface area contributed by atoms with Crippen LogP contribution in [0, 0.1) is 0 Å². The number of hydrogen-bond donors (Lipinski definition) is 2. The van der Waals surface area contributed by atoms with Gasteiger partial charge in [-0.3, -0.25) is 0 Å². The second-order valence-corrected chi connectivity index (χ2v) is 8.75. The van der Waals surface area contributed by atoms with Crippen molar-refractivity contribution in [3.05, 3.63) is 58.6 Å². The zero-order chi connectivity index (χ0) is 17.7. The van der Waals surface area contributed by atoms with Crippen LogP contribution in [-0.4, -0.2) is 19.8 Å². The first-order valence-corrected chi connectivity index (χ1v) is 10.5. The maximum Gasteiger partial charge on any atom is 0.175 e. The Morgan fingerprint density at radius 2 is 1.71 bits per heavy atom. The van der Waals surface area contributed by atoms with Crippen LogP contribution in [0.3, 0.4) is 0 Å². The van der Waals surface area contributed by atoms with Crippen LogP contribution in [0.25, 0.3) is 0 Å². The predicted molar refractivity (Wildman–Crippen MR) is 106 cm³/mol. The summed E-state index contributed by atoms with van der Waals surface area (Å²) in [6.45, 7) is 2.05. The zero-order valence-electron chi connectivity index (χ0n) is 13.4. The van der Waals surface area contributed by atoms with E-state index in [1.807, 2.05) is 43.3 Å². The summed E-state index contributed by atoms with van der Waals surface area (Å²) in [6, 6.07) is 14.6. The lowest BCUT2D eigenvalue weighted by Gasteiger charge is -2.20. The molecule has 0 aliphatic heterocycles. The number of anilines is 1. The number of thiocarbonyl (C=S) groups is 1. The molecule has 0 saturated heterocycles. The van der Waals surface area contributed by atoms with Crippen LogP contribution in [0.5, 0.6) is 0 Å². The highest BCUT2D eigenvalue weighted by Gasteiger charge is 2.13. The van der Waals surface area contributed by atoms with Crippen LogP contribution in [0.4, 0.5) is 5.69 Å². The molecule has 128 valence electrons. The average Bonchev–Trinajstić information content (AvgIpc) is 2.54. The van der Waals surface area contributed by atoms with E-state index in [9.17, 15) is 8.42 Å². The summed E-state index contributed by atoms with van der Waals surface area (Å²) < 4.78 is 24.1. The predicted octanol–water partition coefficient (Wildman–Crippen LogP) is 4.29. The molecule has 0 heterocycles. The first kappa shape index (κ1) is 18.9. The number of sulfone groups is 1. The SMILES string of the molecule is CCC(NC(=S)Nc1ccc(Br)cc1)c1ccc(S(C)(=O)=O)cc1. The third-order valence-electron chi connectivity index (χ3n) is 3.53. The molecule has 2 rings (SSSR count). The first-order chi connectivity index (χ1) is 11.3. The van der Waals surface area contributed by atoms with E-state index < -0.39 is 9.84 Å². The van der Waals surface area contributed by atoms with E-state index in [-0.39, 0.29) is 6.04 Å². The van der Waals surface area contributed by atoms with E-state index in [1.54, 1.807) is 12.1 Å². The van der Waals surface area contributed by atoms with Crippen molar-refractivity contribution in [3.8, 4) is 0 Å². The van der Waals surface area contributed by atoms with Gasteiger partial charge in [-0.15, -0.1) is 0 Å². The maximum absolute atomic E-state index is 11.5. The molecule has 0 radical (unpaired) electrons. The Labute approximate surface area is 156 Å². The molecule has 0 aromatic heterocycles. The molecule has 0 spiro atoms. The Hall–Kier alpha value is -1.44. The van der Waals surface area contributed by atoms with Gasteiger partial charge in [-0.25, -0.2) is 8.42 Å². The molecule has 2 aromatic rings. The molecule has 0 fully saturated rings. The summed E-state index contributed by atoms with van der Waals surface area (Å²) in [7, 11) is -3.18. The quantitative estimate of drug-likeness (QED) is 0.698. The minimum Gasteiger partial charge on any atom is -0.356 e. The van der Waals surface area contributed by atoms with E-state index >= 15 is 0 Å². The van der Waals surface area contributed by atoms with Crippen molar-refractivity contribution in [1.82, 2.24) is 5.32 Å². The molecule has 1 unspecified atom stereocenters. The Morgan fingerprint density at radius 3 is 2.21 bits per heavy atom. The van der Waals surface area contributed by atoms with Gasteiger partial charge in [0.05, 0.1) is 10.9 Å². The van der Waals surface area contributed by atoms with Crippen LogP contribution in [0.2, 0.25) is 0 Å².